The lowest BCUT2D eigenvalue weighted by molar-refractivity contribution is -0.173. The van der Waals surface area contributed by atoms with E-state index in [1.807, 2.05) is 97.1 Å². The molecule has 3 amide bonds. The third kappa shape index (κ3) is 13.6. The smallest absolute Gasteiger partial charge is 0.408 e. The topological polar surface area (TPSA) is 219 Å². The SMILES string of the molecule is CN(C)C(=O)c1cccc2c1CSc1ccccc1C2=O.C[C@@H](N1CN([C@@H]2c3ccccc3SCc3c(C(=O)N(C)C)cccc32)n2ccc(=O)c(O)c2C1=O)C(F)(F)F.N#Cc1cccc2c1CSc1ccccc1C2=O.O=C(O)c1cccc2c1CSc1ccccc1C2=O. The van der Waals surface area contributed by atoms with Gasteiger partial charge in [-0.1, -0.05) is 103 Å². The first-order chi connectivity index (χ1) is 46.5. The standard InChI is InChI=1S/C27H25F3N4O4S.C17H15NO2S.C15H9NOS.C15H10O3S/c1-15(27(28,29)30)32-14-34(33-12-11-20(35)24(36)23(33)26(32)38)22-16-8-6-9-17(25(37)31(2)3)19(16)13-39-21-10-5-4-7-18(21)22;1-18(2)17(20)12-8-5-7-11-14(12)10-21-15-9-4-3-6-13(15)16(11)19;16-8-10-4-3-6-11-13(10)9-18-14-7-2-1-5-12(14)15(11)17;16-14-9-5-3-6-10(15(17)18)12(9)8-19-13-7-2-1-4-11(13)14/h4-12,15,22,36H,13-14H2,1-3H3;3-9H,10H2,1-2H3;1-7H,9H2;1-7H,8H2,(H,17,18)/t15-,22+;;;/m1.../s1. The minimum Gasteiger partial charge on any atom is -0.502 e. The van der Waals surface area contributed by atoms with Gasteiger partial charge in [0.1, 0.15) is 12.7 Å². The van der Waals surface area contributed by atoms with Crippen molar-refractivity contribution in [1.82, 2.24) is 19.4 Å². The van der Waals surface area contributed by atoms with Crippen LogP contribution >= 0.6 is 47.0 Å². The molecule has 2 atom stereocenters. The molecular formula is C74H59F3N6O10S4. The molecule has 0 saturated carbocycles. The van der Waals surface area contributed by atoms with E-state index in [2.05, 4.69) is 6.07 Å². The second kappa shape index (κ2) is 28.7. The molecule has 490 valence electrons. The monoisotopic (exact) mass is 1380 g/mol. The molecule has 0 unspecified atom stereocenters. The molecular weight excluding hydrogens is 1320 g/mol. The van der Waals surface area contributed by atoms with E-state index in [4.69, 9.17) is 5.26 Å². The average Bonchev–Trinajstić information content (AvgIpc) is 0.873. The summed E-state index contributed by atoms with van der Waals surface area (Å²) in [6.07, 6.45) is -3.48. The third-order valence-corrected chi connectivity index (χ3v) is 21.2. The van der Waals surface area contributed by atoms with Crippen molar-refractivity contribution in [3.8, 4) is 11.8 Å². The molecule has 6 heterocycles. The number of halogens is 3. The predicted octanol–water partition coefficient (Wildman–Crippen LogP) is 13.8. The van der Waals surface area contributed by atoms with Crippen LogP contribution in [0.5, 0.6) is 5.75 Å². The van der Waals surface area contributed by atoms with Gasteiger partial charge in [0, 0.05) is 128 Å². The van der Waals surface area contributed by atoms with Gasteiger partial charge >= 0.3 is 12.1 Å². The van der Waals surface area contributed by atoms with Crippen LogP contribution in [0.25, 0.3) is 0 Å². The minimum absolute atomic E-state index is 0.000920. The lowest BCUT2D eigenvalue weighted by atomic mass is 9.91. The number of hydrogen-bond donors (Lipinski definition) is 2. The summed E-state index contributed by atoms with van der Waals surface area (Å²) in [7, 11) is 6.73. The summed E-state index contributed by atoms with van der Waals surface area (Å²) >= 11 is 6.22. The third-order valence-electron chi connectivity index (χ3n) is 16.8. The van der Waals surface area contributed by atoms with Crippen LogP contribution < -0.4 is 10.4 Å². The van der Waals surface area contributed by atoms with Gasteiger partial charge in [0.2, 0.25) is 5.43 Å². The molecule has 16 nitrogen and oxygen atoms in total. The first-order valence-electron chi connectivity index (χ1n) is 30.1. The molecule has 0 spiro atoms. The number of alkyl halides is 3. The average molecular weight is 1380 g/mol. The van der Waals surface area contributed by atoms with E-state index in [-0.39, 0.29) is 34.7 Å². The molecule has 2 N–H and O–H groups in total. The van der Waals surface area contributed by atoms with Crippen LogP contribution in [0.15, 0.2) is 206 Å². The van der Waals surface area contributed by atoms with Gasteiger partial charge in [-0.25, -0.2) is 4.79 Å². The number of thioether (sulfide) groups is 4. The number of carbonyl (C=O) groups excluding carboxylic acids is 6. The number of aromatic hydroxyl groups is 1. The Bertz CT molecular complexity index is 4820. The first-order valence-corrected chi connectivity index (χ1v) is 34.1. The van der Waals surface area contributed by atoms with Crippen LogP contribution in [0.1, 0.15) is 141 Å². The number of carboxylic acids is 1. The summed E-state index contributed by atoms with van der Waals surface area (Å²) < 4.78 is 43.0. The van der Waals surface area contributed by atoms with E-state index in [1.54, 1.807) is 129 Å². The number of benzene rings is 8. The first kappa shape index (κ1) is 68.3. The highest BCUT2D eigenvalue weighted by Gasteiger charge is 2.48. The van der Waals surface area contributed by atoms with Gasteiger partial charge in [0.15, 0.2) is 28.8 Å². The lowest BCUT2D eigenvalue weighted by Gasteiger charge is -2.46. The number of ketones is 3. The molecule has 9 aromatic rings. The molecule has 0 bridgehead atoms. The molecule has 0 fully saturated rings. The van der Waals surface area contributed by atoms with Crippen LogP contribution in [-0.4, -0.2) is 118 Å². The number of pyridine rings is 1. The number of aromatic nitrogens is 1. The second-order valence-corrected chi connectivity index (χ2v) is 27.1. The number of carboxylic acid groups (broad SMARTS) is 1. The summed E-state index contributed by atoms with van der Waals surface area (Å²) in [5, 5.41) is 30.5. The Labute approximate surface area is 572 Å². The number of aromatic carboxylic acids is 1. The van der Waals surface area contributed by atoms with E-state index >= 15 is 0 Å². The predicted molar refractivity (Wildman–Crippen MR) is 367 cm³/mol. The maximum absolute atomic E-state index is 13.9. The number of hydrogen-bond acceptors (Lipinski definition) is 15. The highest BCUT2D eigenvalue weighted by Crippen LogP contribution is 2.45. The molecule has 0 saturated heterocycles. The number of nitriles is 1. The van der Waals surface area contributed by atoms with Crippen molar-refractivity contribution in [2.45, 2.75) is 67.8 Å². The van der Waals surface area contributed by atoms with E-state index in [0.717, 1.165) is 60.4 Å². The summed E-state index contributed by atoms with van der Waals surface area (Å²) in [5.74, 6) is -1.17. The number of carbonyl (C=O) groups is 7. The van der Waals surface area contributed by atoms with Gasteiger partial charge in [-0.15, -0.1) is 47.0 Å². The Balaban J connectivity index is 0.000000140. The molecule has 5 aliphatic rings. The molecule has 0 radical (unpaired) electrons. The minimum atomic E-state index is -4.76. The van der Waals surface area contributed by atoms with Gasteiger partial charge in [-0.3, -0.25) is 43.2 Å². The van der Waals surface area contributed by atoms with Crippen molar-refractivity contribution >= 4 is 88.1 Å². The molecule has 1 aromatic heterocycles. The largest absolute Gasteiger partial charge is 0.502 e. The van der Waals surface area contributed by atoms with Crippen LogP contribution in [0.3, 0.4) is 0 Å². The van der Waals surface area contributed by atoms with Gasteiger partial charge < -0.3 is 24.9 Å². The van der Waals surface area contributed by atoms with Crippen LogP contribution in [0.4, 0.5) is 13.2 Å². The van der Waals surface area contributed by atoms with Crippen molar-refractivity contribution in [3.63, 3.8) is 0 Å². The molecule has 97 heavy (non-hydrogen) atoms. The van der Waals surface area contributed by atoms with E-state index in [1.165, 1.54) is 44.3 Å². The lowest BCUT2D eigenvalue weighted by Crippen LogP contribution is -2.60. The molecule has 5 aliphatic heterocycles. The van der Waals surface area contributed by atoms with Gasteiger partial charge in [0.25, 0.3) is 17.7 Å². The van der Waals surface area contributed by atoms with Crippen molar-refractivity contribution in [1.29, 1.82) is 5.26 Å². The zero-order chi connectivity index (χ0) is 69.1. The van der Waals surface area contributed by atoms with Crippen LogP contribution in [0.2, 0.25) is 0 Å². The Hall–Kier alpha value is -10.1. The zero-order valence-corrected chi connectivity index (χ0v) is 55.9. The van der Waals surface area contributed by atoms with Crippen molar-refractivity contribution in [3.05, 3.63) is 287 Å². The maximum atomic E-state index is 13.9. The van der Waals surface area contributed by atoms with Crippen LogP contribution in [0, 0.1) is 11.3 Å². The van der Waals surface area contributed by atoms with E-state index in [0.29, 0.717) is 83.5 Å². The summed E-state index contributed by atoms with van der Waals surface area (Å²) in [4.78, 5) is 107. The number of fused-ring (bicyclic) bond motifs is 9. The van der Waals surface area contributed by atoms with Crippen molar-refractivity contribution in [2.24, 2.45) is 0 Å². The summed E-state index contributed by atoms with van der Waals surface area (Å²) in [5.41, 5.74) is 8.76. The maximum Gasteiger partial charge on any atom is 0.408 e. The summed E-state index contributed by atoms with van der Waals surface area (Å²) in [6.45, 7) is 0.367. The van der Waals surface area contributed by atoms with Crippen LogP contribution in [-0.2, 0) is 23.0 Å². The van der Waals surface area contributed by atoms with Gasteiger partial charge in [-0.2, -0.15) is 18.4 Å². The second-order valence-electron chi connectivity index (χ2n) is 23.1. The molecule has 0 aliphatic carbocycles. The number of nitrogens with zero attached hydrogens (tertiary/aromatic N) is 6. The van der Waals surface area contributed by atoms with Crippen molar-refractivity contribution in [2.75, 3.05) is 39.9 Å². The number of rotatable bonds is 5. The molecule has 14 rings (SSSR count). The fourth-order valence-corrected chi connectivity index (χ4v) is 16.3. The highest BCUT2D eigenvalue weighted by molar-refractivity contribution is 7.99. The Morgan fingerprint density at radius 1 is 0.526 bits per heavy atom. The quantitative estimate of drug-likeness (QED) is 0.164. The van der Waals surface area contributed by atoms with E-state index in [9.17, 15) is 61.7 Å². The Morgan fingerprint density at radius 2 is 0.928 bits per heavy atom. The van der Waals surface area contributed by atoms with Gasteiger partial charge in [-0.05, 0) is 107 Å². The highest BCUT2D eigenvalue weighted by atomic mass is 32.2. The zero-order valence-electron chi connectivity index (χ0n) is 52.6. The number of amides is 3. The fraction of sp³-hybridized carbons (Fsp3) is 0.176. The molecule has 23 heteroatoms. The Kier molecular flexibility index (Phi) is 20.2. The van der Waals surface area contributed by atoms with Gasteiger partial charge in [0.05, 0.1) is 23.2 Å². The molecule has 8 aromatic carbocycles. The summed E-state index contributed by atoms with van der Waals surface area (Å²) in [6, 6.07) is 51.1. The van der Waals surface area contributed by atoms with E-state index < -0.39 is 53.7 Å². The van der Waals surface area contributed by atoms with Crippen molar-refractivity contribution < 1.29 is 56.9 Å². The fourth-order valence-electron chi connectivity index (χ4n) is 11.8. The Morgan fingerprint density at radius 3 is 1.43 bits per heavy atom. The normalized spacial score (nSPS) is 15.0.